The molecule has 0 aliphatic carbocycles. The first-order valence-electron chi connectivity index (χ1n) is 35.3. The van der Waals surface area contributed by atoms with Gasteiger partial charge in [0.1, 0.15) is 0 Å². The Kier molecular flexibility index (Phi) is 19.4. The standard InChI is InChI=1S/C88H64N5O13P5/c94-69-50-56-72(57-51-69)104-111(105-73-58-52-70(95)53-59-73,106-74-60-54-71(96)55-61-74)89-107-90(97-82-43-15-29-62-22-1-8-36-75(62)82)108(101-86-47-19-33-66-26-5-12-40-79(66)86)91(98-83-44-16-30-63-23-2-9-37-76(63)83)109(102-87-48-20-34-67-27-6-13-41-80(67)87)92(99-84-45-17-31-64-24-3-10-38-77(64)84)110(103-88-49-21-35-68-28-7-14-42-81(68)88)93(111)100-85-46-18-32-65-25-4-11-39-78(65)85/h1-61,94-96H. The van der Waals surface area contributed by atoms with Crippen LogP contribution < -0.4 is 46.5 Å². The molecule has 23 heteroatoms. The van der Waals surface area contributed by atoms with Gasteiger partial charge in [0, 0.05) is 0 Å². The normalized spacial score (nSPS) is 16.6. The third-order valence-corrected chi connectivity index (χ3v) is 29.4. The molecular weight excluding hydrogens is 1490 g/mol. The summed E-state index contributed by atoms with van der Waals surface area (Å²) in [7, 11) is -16.6. The quantitative estimate of drug-likeness (QED) is 0.0613. The van der Waals surface area contributed by atoms with Crippen molar-refractivity contribution in [3.05, 3.63) is 370 Å². The van der Waals surface area contributed by atoms with Crippen molar-refractivity contribution >= 4 is 117 Å². The van der Waals surface area contributed by atoms with E-state index in [4.69, 9.17) is 51.0 Å². The minimum atomic E-state index is -6.82. The Labute approximate surface area is 642 Å². The van der Waals surface area contributed by atoms with E-state index in [9.17, 15) is 15.3 Å². The number of nitrogens with zero attached hydrogens (tertiary/aromatic N) is 5. The first-order chi connectivity index (χ1) is 54.6. The van der Waals surface area contributed by atoms with Crippen LogP contribution >= 0.6 is 41.5 Å². The van der Waals surface area contributed by atoms with E-state index >= 15 is 0 Å². The molecule has 1 aliphatic heterocycles. The number of phenols is 3. The second-order valence-electron chi connectivity index (χ2n) is 25.5. The van der Waals surface area contributed by atoms with Crippen LogP contribution in [0.3, 0.4) is 0 Å². The first-order valence-corrected chi connectivity index (χ1v) is 41.4. The summed E-state index contributed by atoms with van der Waals surface area (Å²) in [4.78, 5) is 32.3. The zero-order chi connectivity index (χ0) is 74.7. The van der Waals surface area contributed by atoms with Crippen molar-refractivity contribution in [2.75, 3.05) is 0 Å². The number of aromatic hydroxyl groups is 3. The number of fused-ring (bicyclic) bond motifs is 7. The summed E-state index contributed by atoms with van der Waals surface area (Å²) in [6, 6.07) is 113. The molecule has 18 nitrogen and oxygen atoms in total. The molecule has 0 aromatic heterocycles. The van der Waals surface area contributed by atoms with Crippen LogP contribution in [0.2, 0.25) is 0 Å². The number of hydrogen-bond acceptors (Lipinski definition) is 18. The molecular formula is C88H64N5O13P5. The molecule has 3 atom stereocenters. The topological polar surface area (TPSA) is 178 Å². The van der Waals surface area contributed by atoms with Gasteiger partial charge in [-0.15, -0.1) is 0 Å². The van der Waals surface area contributed by atoms with Gasteiger partial charge in [-0.2, -0.15) is 0 Å². The number of benzene rings is 17. The van der Waals surface area contributed by atoms with E-state index in [1.165, 1.54) is 45.6 Å². The molecule has 1 heterocycles. The van der Waals surface area contributed by atoms with Crippen LogP contribution in [0.1, 0.15) is 0 Å². The Hall–Kier alpha value is -12.4. The van der Waals surface area contributed by atoms with Gasteiger partial charge < -0.3 is 0 Å². The summed E-state index contributed by atoms with van der Waals surface area (Å²) < 4.78 is 61.2. The van der Waals surface area contributed by atoms with Crippen molar-refractivity contribution in [3.63, 3.8) is 0 Å². The Morgan fingerprint density at radius 1 is 0.243 bits per heavy atom. The molecule has 0 spiro atoms. The molecule has 0 amide bonds. The van der Waals surface area contributed by atoms with Crippen LogP contribution in [-0.2, 0) is 0 Å². The van der Waals surface area contributed by atoms with E-state index in [2.05, 4.69) is 0 Å². The van der Waals surface area contributed by atoms with Crippen LogP contribution in [0.15, 0.2) is 375 Å². The van der Waals surface area contributed by atoms with Crippen molar-refractivity contribution < 1.29 is 61.8 Å². The summed E-state index contributed by atoms with van der Waals surface area (Å²) in [6.45, 7) is 0. The second-order valence-corrected chi connectivity index (χ2v) is 34.8. The van der Waals surface area contributed by atoms with E-state index in [0.717, 1.165) is 37.7 Å². The van der Waals surface area contributed by atoms with Crippen LogP contribution in [0.25, 0.3) is 75.4 Å². The Morgan fingerprint density at radius 3 is 0.811 bits per heavy atom. The van der Waals surface area contributed by atoms with Gasteiger partial charge in [0.15, 0.2) is 0 Å². The van der Waals surface area contributed by atoms with Crippen molar-refractivity contribution in [2.24, 2.45) is 4.52 Å². The average molecular weight is 1550 g/mol. The van der Waals surface area contributed by atoms with Crippen LogP contribution in [0, 0.1) is 0 Å². The fourth-order valence-electron chi connectivity index (χ4n) is 13.0. The molecule has 544 valence electrons. The fraction of sp³-hybridized carbons (Fsp3) is 0. The SMILES string of the molecule is Oc1ccc(OP2(Oc3ccc(O)cc3)(Oc3ccc(O)cc3)N=PN(Oc3cccc4ccccc34)P(Oc3cccc4ccccc34)N(Oc3cccc4ccccc34)P(Oc3cccc4ccccc34)N(Oc3cccc4ccccc34)P(Oc3cccc4ccccc34)N2Oc2cccc3ccccc23)cc1. The van der Waals surface area contributed by atoms with Gasteiger partial charge in [0.25, 0.3) is 0 Å². The van der Waals surface area contributed by atoms with Gasteiger partial charge in [-0.3, -0.25) is 0 Å². The molecule has 1 aliphatic rings. The summed E-state index contributed by atoms with van der Waals surface area (Å²) >= 11 is 0. The van der Waals surface area contributed by atoms with Gasteiger partial charge in [0.2, 0.25) is 0 Å². The van der Waals surface area contributed by atoms with Gasteiger partial charge in [0.05, 0.1) is 0 Å². The molecule has 0 radical (unpaired) electrons. The van der Waals surface area contributed by atoms with Gasteiger partial charge in [-0.25, -0.2) is 0 Å². The predicted molar refractivity (Wildman–Crippen MR) is 443 cm³/mol. The van der Waals surface area contributed by atoms with E-state index in [-0.39, 0.29) is 60.3 Å². The van der Waals surface area contributed by atoms with E-state index in [0.29, 0.717) is 60.7 Å². The zero-order valence-electron chi connectivity index (χ0n) is 58.6. The summed E-state index contributed by atoms with van der Waals surface area (Å²) in [5.41, 5.74) is 0. The molecule has 18 rings (SSSR count). The molecule has 3 N–H and O–H groups in total. The molecule has 0 bridgehead atoms. The van der Waals surface area contributed by atoms with Crippen molar-refractivity contribution in [3.8, 4) is 74.7 Å². The number of hydrogen-bond donors (Lipinski definition) is 3. The van der Waals surface area contributed by atoms with E-state index in [1.807, 2.05) is 291 Å². The van der Waals surface area contributed by atoms with Crippen LogP contribution in [0.5, 0.6) is 74.7 Å². The molecule has 17 aromatic rings. The average Bonchev–Trinajstić information content (AvgIpc) is 0.701. The summed E-state index contributed by atoms with van der Waals surface area (Å²) in [6.07, 6.45) is 0. The molecule has 3 unspecified atom stereocenters. The molecule has 111 heavy (non-hydrogen) atoms. The minimum absolute atomic E-state index is 0.00170. The zero-order valence-corrected chi connectivity index (χ0v) is 63.1. The molecule has 0 fully saturated rings. The maximum absolute atomic E-state index is 11.4. The van der Waals surface area contributed by atoms with Crippen LogP contribution in [0.4, 0.5) is 0 Å². The third-order valence-electron chi connectivity index (χ3n) is 18.2. The van der Waals surface area contributed by atoms with E-state index < -0.39 is 32.9 Å². The Morgan fingerprint density at radius 2 is 0.486 bits per heavy atom. The van der Waals surface area contributed by atoms with Crippen molar-refractivity contribution in [1.82, 2.24) is 18.4 Å². The molecule has 0 saturated heterocycles. The Balaban J connectivity index is 1.07. The number of rotatable bonds is 20. The number of phenolic OH excluding ortho intramolecular Hbond substituents is 3. The third kappa shape index (κ3) is 14.3. The van der Waals surface area contributed by atoms with E-state index in [1.54, 1.807) is 51.7 Å². The second kappa shape index (κ2) is 30.6. The van der Waals surface area contributed by atoms with Gasteiger partial charge in [-0.05, 0) is 0 Å². The monoisotopic (exact) mass is 1550 g/mol. The first kappa shape index (κ1) is 70.3. The predicted octanol–water partition coefficient (Wildman–Crippen LogP) is 25.7. The maximum atomic E-state index is 11.4. The van der Waals surface area contributed by atoms with Crippen molar-refractivity contribution in [1.29, 1.82) is 0 Å². The fourth-order valence-corrected chi connectivity index (χ4v) is 25.2. The summed E-state index contributed by atoms with van der Waals surface area (Å²) in [5, 5.41) is 44.6. The molecule has 0 saturated carbocycles. The summed E-state index contributed by atoms with van der Waals surface area (Å²) in [5.74, 6) is 1.81. The molecule has 17 aromatic carbocycles. The van der Waals surface area contributed by atoms with Gasteiger partial charge >= 0.3 is 646 Å². The van der Waals surface area contributed by atoms with Crippen LogP contribution in [-0.4, -0.2) is 33.7 Å². The van der Waals surface area contributed by atoms with Gasteiger partial charge in [-0.1, -0.05) is 0 Å². The Bertz CT molecular complexity index is 6170. The van der Waals surface area contributed by atoms with Crippen molar-refractivity contribution in [2.45, 2.75) is 0 Å².